The second-order valence-corrected chi connectivity index (χ2v) is 1.91. The summed E-state index contributed by atoms with van der Waals surface area (Å²) in [7, 11) is 1.34. The van der Waals surface area contributed by atoms with Gasteiger partial charge in [0.25, 0.3) is 0 Å². The maximum atomic E-state index is 10.6. The van der Waals surface area contributed by atoms with Crippen LogP contribution in [0.1, 0.15) is 6.42 Å². The number of rotatable bonds is 4. The number of nitrogens with zero attached hydrogens (tertiary/aromatic N) is 1. The summed E-state index contributed by atoms with van der Waals surface area (Å²) in [6.45, 7) is 0.403. The molecular formula is C6H13N3O2. The summed E-state index contributed by atoms with van der Waals surface area (Å²) in [4.78, 5) is 10.6. The van der Waals surface area contributed by atoms with E-state index < -0.39 is 0 Å². The highest BCUT2D eigenvalue weighted by atomic mass is 16.5. The Morgan fingerprint density at radius 1 is 1.73 bits per heavy atom. The van der Waals surface area contributed by atoms with Crippen LogP contribution in [0.2, 0.25) is 0 Å². The Kier molecular flexibility index (Phi) is 4.93. The van der Waals surface area contributed by atoms with Crippen molar-refractivity contribution >= 4 is 5.97 Å². The first-order valence-corrected chi connectivity index (χ1v) is 3.17. The molecule has 0 radical (unpaired) electrons. The molecule has 0 atom stereocenters. The van der Waals surface area contributed by atoms with Gasteiger partial charge in [0.2, 0.25) is 0 Å². The molecule has 0 aromatic rings. The zero-order chi connectivity index (χ0) is 8.69. The fourth-order valence-electron chi connectivity index (χ4n) is 0.508. The van der Waals surface area contributed by atoms with Crippen LogP contribution in [0.25, 0.3) is 0 Å². The second kappa shape index (κ2) is 5.55. The van der Waals surface area contributed by atoms with Crippen LogP contribution in [0.15, 0.2) is 12.4 Å². The molecule has 0 aliphatic heterocycles. The van der Waals surface area contributed by atoms with Crippen LogP contribution in [-0.4, -0.2) is 24.6 Å². The van der Waals surface area contributed by atoms with Crippen LogP contribution >= 0.6 is 0 Å². The largest absolute Gasteiger partial charge is 0.469 e. The standard InChI is InChI=1S/C6H13N3O2/c1-11-6(10)2-4-9(8)5-3-7/h3,5H,2,4,7-8H2,1H3/b5-3-. The molecule has 0 fully saturated rings. The zero-order valence-corrected chi connectivity index (χ0v) is 6.49. The van der Waals surface area contributed by atoms with E-state index >= 15 is 0 Å². The minimum Gasteiger partial charge on any atom is -0.469 e. The predicted molar refractivity (Wildman–Crippen MR) is 40.9 cm³/mol. The van der Waals surface area contributed by atoms with E-state index in [4.69, 9.17) is 11.6 Å². The van der Waals surface area contributed by atoms with Crippen LogP contribution in [0, 0.1) is 0 Å². The van der Waals surface area contributed by atoms with E-state index in [-0.39, 0.29) is 12.4 Å². The van der Waals surface area contributed by atoms with Gasteiger partial charge in [-0.2, -0.15) is 0 Å². The summed E-state index contributed by atoms with van der Waals surface area (Å²) < 4.78 is 4.40. The molecule has 0 saturated carbocycles. The average Bonchev–Trinajstić information content (AvgIpc) is 2.01. The molecule has 4 N–H and O–H groups in total. The summed E-state index contributed by atoms with van der Waals surface area (Å²) in [6, 6.07) is 0. The molecule has 0 aliphatic rings. The number of methoxy groups -OCH3 is 1. The molecule has 5 heteroatoms. The van der Waals surface area contributed by atoms with Gasteiger partial charge in [0, 0.05) is 18.9 Å². The summed E-state index contributed by atoms with van der Waals surface area (Å²) in [6.07, 6.45) is 3.04. The summed E-state index contributed by atoms with van der Waals surface area (Å²) in [5.41, 5.74) is 5.05. The number of hydrogen-bond acceptors (Lipinski definition) is 5. The zero-order valence-electron chi connectivity index (χ0n) is 6.49. The number of carbonyl (C=O) groups is 1. The minimum absolute atomic E-state index is 0.261. The van der Waals surface area contributed by atoms with Crippen LogP contribution in [0.5, 0.6) is 0 Å². The first-order chi connectivity index (χ1) is 5.20. The van der Waals surface area contributed by atoms with E-state index in [1.54, 1.807) is 0 Å². The maximum absolute atomic E-state index is 10.6. The maximum Gasteiger partial charge on any atom is 0.307 e. The van der Waals surface area contributed by atoms with Crippen molar-refractivity contribution in [3.63, 3.8) is 0 Å². The van der Waals surface area contributed by atoms with Crippen molar-refractivity contribution in [3.8, 4) is 0 Å². The normalized spacial score (nSPS) is 10.0. The highest BCUT2D eigenvalue weighted by Crippen LogP contribution is 1.86. The summed E-state index contributed by atoms with van der Waals surface area (Å²) in [5, 5.41) is 1.32. The van der Waals surface area contributed by atoms with Crippen molar-refractivity contribution in [1.29, 1.82) is 0 Å². The molecule has 0 aromatic heterocycles. The Hall–Kier alpha value is -1.23. The van der Waals surface area contributed by atoms with E-state index in [0.717, 1.165) is 0 Å². The third kappa shape index (κ3) is 5.23. The van der Waals surface area contributed by atoms with Crippen LogP contribution < -0.4 is 11.6 Å². The molecule has 0 aromatic carbocycles. The van der Waals surface area contributed by atoms with Gasteiger partial charge in [0.15, 0.2) is 0 Å². The van der Waals surface area contributed by atoms with Gasteiger partial charge in [-0.1, -0.05) is 0 Å². The molecule has 0 spiro atoms. The van der Waals surface area contributed by atoms with Crippen molar-refractivity contribution in [3.05, 3.63) is 12.4 Å². The van der Waals surface area contributed by atoms with E-state index in [1.807, 2.05) is 0 Å². The topological polar surface area (TPSA) is 81.6 Å². The third-order valence-electron chi connectivity index (χ3n) is 1.08. The highest BCUT2D eigenvalue weighted by molar-refractivity contribution is 5.69. The number of hydrogen-bond donors (Lipinski definition) is 2. The Morgan fingerprint density at radius 3 is 2.82 bits per heavy atom. The Balaban J connectivity index is 3.45. The molecule has 0 saturated heterocycles. The lowest BCUT2D eigenvalue weighted by atomic mass is 10.4. The van der Waals surface area contributed by atoms with Crippen LogP contribution in [0.3, 0.4) is 0 Å². The molecular weight excluding hydrogens is 146 g/mol. The first-order valence-electron chi connectivity index (χ1n) is 3.17. The SMILES string of the molecule is COC(=O)CCN(N)/C=C\N. The third-order valence-corrected chi connectivity index (χ3v) is 1.08. The van der Waals surface area contributed by atoms with Crippen molar-refractivity contribution in [1.82, 2.24) is 5.01 Å². The van der Waals surface area contributed by atoms with Crippen LogP contribution in [0.4, 0.5) is 0 Å². The number of hydrazine groups is 1. The van der Waals surface area contributed by atoms with Gasteiger partial charge in [-0.25, -0.2) is 5.84 Å². The quantitative estimate of drug-likeness (QED) is 0.317. The van der Waals surface area contributed by atoms with E-state index in [2.05, 4.69) is 4.74 Å². The van der Waals surface area contributed by atoms with Gasteiger partial charge < -0.3 is 15.5 Å². The molecule has 0 unspecified atom stereocenters. The number of ether oxygens (including phenoxy) is 1. The average molecular weight is 159 g/mol. The Bertz CT molecular complexity index is 147. The monoisotopic (exact) mass is 159 g/mol. The fraction of sp³-hybridized carbons (Fsp3) is 0.500. The molecule has 0 bridgehead atoms. The van der Waals surface area contributed by atoms with Gasteiger partial charge in [0.1, 0.15) is 0 Å². The molecule has 0 heterocycles. The molecule has 0 aliphatic carbocycles. The molecule has 0 amide bonds. The van der Waals surface area contributed by atoms with Crippen LogP contribution in [-0.2, 0) is 9.53 Å². The fourth-order valence-corrected chi connectivity index (χ4v) is 0.508. The molecule has 5 nitrogen and oxygen atoms in total. The Morgan fingerprint density at radius 2 is 2.36 bits per heavy atom. The van der Waals surface area contributed by atoms with Crippen molar-refractivity contribution < 1.29 is 9.53 Å². The predicted octanol–water partition coefficient (Wildman–Crippen LogP) is -0.845. The highest BCUT2D eigenvalue weighted by Gasteiger charge is 2.00. The van der Waals surface area contributed by atoms with Gasteiger partial charge in [-0.3, -0.25) is 4.79 Å². The van der Waals surface area contributed by atoms with E-state index in [1.165, 1.54) is 24.5 Å². The number of esters is 1. The molecule has 11 heavy (non-hydrogen) atoms. The lowest BCUT2D eigenvalue weighted by Gasteiger charge is -2.10. The second-order valence-electron chi connectivity index (χ2n) is 1.91. The molecule has 64 valence electrons. The minimum atomic E-state index is -0.286. The number of carbonyl (C=O) groups excluding carboxylic acids is 1. The van der Waals surface area contributed by atoms with Gasteiger partial charge in [-0.15, -0.1) is 0 Å². The summed E-state index contributed by atoms with van der Waals surface area (Å²) >= 11 is 0. The van der Waals surface area contributed by atoms with E-state index in [0.29, 0.717) is 6.54 Å². The lowest BCUT2D eigenvalue weighted by molar-refractivity contribution is -0.140. The lowest BCUT2D eigenvalue weighted by Crippen LogP contribution is -2.28. The van der Waals surface area contributed by atoms with Crippen molar-refractivity contribution in [2.45, 2.75) is 6.42 Å². The van der Waals surface area contributed by atoms with Gasteiger partial charge >= 0.3 is 5.97 Å². The van der Waals surface area contributed by atoms with Gasteiger partial charge in [-0.05, 0) is 0 Å². The van der Waals surface area contributed by atoms with Gasteiger partial charge in [0.05, 0.1) is 13.5 Å². The Labute approximate surface area is 65.6 Å². The smallest absolute Gasteiger partial charge is 0.307 e. The van der Waals surface area contributed by atoms with Crippen molar-refractivity contribution in [2.24, 2.45) is 11.6 Å². The van der Waals surface area contributed by atoms with E-state index in [9.17, 15) is 4.79 Å². The first kappa shape index (κ1) is 9.77. The summed E-state index contributed by atoms with van der Waals surface area (Å²) in [5.74, 6) is 5.06. The number of nitrogens with two attached hydrogens (primary N) is 2. The molecule has 0 rings (SSSR count). The van der Waals surface area contributed by atoms with Crippen molar-refractivity contribution in [2.75, 3.05) is 13.7 Å².